The highest BCUT2D eigenvalue weighted by molar-refractivity contribution is 6.30. The van der Waals surface area contributed by atoms with Gasteiger partial charge in [-0.05, 0) is 29.8 Å². The van der Waals surface area contributed by atoms with E-state index in [1.54, 1.807) is 24.7 Å². The molecule has 106 valence electrons. The minimum absolute atomic E-state index is 0.0682. The summed E-state index contributed by atoms with van der Waals surface area (Å²) in [6.45, 7) is 0.487. The summed E-state index contributed by atoms with van der Waals surface area (Å²) >= 11 is 5.92. The maximum Gasteiger partial charge on any atom is 0.226 e. The predicted octanol–water partition coefficient (Wildman–Crippen LogP) is 2.24. The zero-order valence-corrected chi connectivity index (χ0v) is 11.9. The Kier molecular flexibility index (Phi) is 3.83. The van der Waals surface area contributed by atoms with Gasteiger partial charge in [0.25, 0.3) is 0 Å². The van der Waals surface area contributed by atoms with Crippen molar-refractivity contribution in [2.24, 2.45) is 0 Å². The Labute approximate surface area is 126 Å². The van der Waals surface area contributed by atoms with Gasteiger partial charge in [-0.25, -0.2) is 4.98 Å². The highest BCUT2D eigenvalue weighted by Gasteiger charge is 2.07. The lowest BCUT2D eigenvalue weighted by molar-refractivity contribution is -0.120. The minimum Gasteiger partial charge on any atom is -0.352 e. The summed E-state index contributed by atoms with van der Waals surface area (Å²) in [5.74, 6) is -0.0682. The van der Waals surface area contributed by atoms with Crippen LogP contribution in [0.5, 0.6) is 0 Å². The van der Waals surface area contributed by atoms with Gasteiger partial charge in [-0.2, -0.15) is 0 Å². The van der Waals surface area contributed by atoms with Crippen LogP contribution >= 0.6 is 11.6 Å². The molecule has 5 nitrogen and oxygen atoms in total. The maximum absolute atomic E-state index is 11.9. The molecule has 1 amide bonds. The molecule has 1 N–H and O–H groups in total. The van der Waals surface area contributed by atoms with Gasteiger partial charge in [0, 0.05) is 31.3 Å². The van der Waals surface area contributed by atoms with Gasteiger partial charge in [0.15, 0.2) is 0 Å². The first-order valence-electron chi connectivity index (χ1n) is 6.49. The molecule has 0 atom stereocenters. The molecule has 0 radical (unpaired) electrons. The molecule has 0 bridgehead atoms. The monoisotopic (exact) mass is 300 g/mol. The SMILES string of the molecule is O=C(Cc1cn2cc(Cl)ccc2n1)NCc1ccncc1. The lowest BCUT2D eigenvalue weighted by Crippen LogP contribution is -2.24. The maximum atomic E-state index is 11.9. The standard InChI is InChI=1S/C15H13ClN4O/c16-12-1-2-14-19-13(10-20(14)9-12)7-15(21)18-8-11-3-5-17-6-4-11/h1-6,9-10H,7-8H2,(H,18,21). The zero-order chi connectivity index (χ0) is 14.7. The van der Waals surface area contributed by atoms with Crippen LogP contribution in [0, 0.1) is 0 Å². The van der Waals surface area contributed by atoms with E-state index in [0.717, 1.165) is 11.2 Å². The van der Waals surface area contributed by atoms with Crippen LogP contribution < -0.4 is 5.32 Å². The number of nitrogens with zero attached hydrogens (tertiary/aromatic N) is 3. The first-order valence-corrected chi connectivity index (χ1v) is 6.87. The third kappa shape index (κ3) is 3.38. The highest BCUT2D eigenvalue weighted by atomic mass is 35.5. The Morgan fingerprint density at radius 3 is 2.81 bits per heavy atom. The van der Waals surface area contributed by atoms with Crippen LogP contribution in [0.25, 0.3) is 5.65 Å². The fraction of sp³-hybridized carbons (Fsp3) is 0.133. The number of halogens is 1. The molecular formula is C15H13ClN4O. The van der Waals surface area contributed by atoms with E-state index in [1.807, 2.05) is 28.8 Å². The second kappa shape index (κ2) is 5.93. The molecule has 0 aliphatic heterocycles. The Morgan fingerprint density at radius 2 is 2.00 bits per heavy atom. The van der Waals surface area contributed by atoms with Crippen molar-refractivity contribution in [1.29, 1.82) is 0 Å². The van der Waals surface area contributed by atoms with Gasteiger partial charge in [0.1, 0.15) is 5.65 Å². The number of carbonyl (C=O) groups excluding carboxylic acids is 1. The van der Waals surface area contributed by atoms with Crippen molar-refractivity contribution >= 4 is 23.2 Å². The van der Waals surface area contributed by atoms with Gasteiger partial charge < -0.3 is 9.72 Å². The second-order valence-electron chi connectivity index (χ2n) is 4.65. The van der Waals surface area contributed by atoms with E-state index in [0.29, 0.717) is 17.3 Å². The Morgan fingerprint density at radius 1 is 1.19 bits per heavy atom. The summed E-state index contributed by atoms with van der Waals surface area (Å²) in [5.41, 5.74) is 2.50. The molecule has 6 heteroatoms. The third-order valence-corrected chi connectivity index (χ3v) is 3.27. The summed E-state index contributed by atoms with van der Waals surface area (Å²) in [4.78, 5) is 20.2. The van der Waals surface area contributed by atoms with E-state index in [-0.39, 0.29) is 12.3 Å². The van der Waals surface area contributed by atoms with Crippen LogP contribution in [0.1, 0.15) is 11.3 Å². The number of nitrogens with one attached hydrogen (secondary N) is 1. The molecule has 0 unspecified atom stereocenters. The van der Waals surface area contributed by atoms with E-state index in [4.69, 9.17) is 11.6 Å². The Bertz CT molecular complexity index is 770. The summed E-state index contributed by atoms with van der Waals surface area (Å²) in [6, 6.07) is 7.33. The van der Waals surface area contributed by atoms with E-state index in [1.165, 1.54) is 0 Å². The van der Waals surface area contributed by atoms with Gasteiger partial charge in [-0.15, -0.1) is 0 Å². The number of aromatic nitrogens is 3. The quantitative estimate of drug-likeness (QED) is 0.804. The first-order chi connectivity index (χ1) is 10.2. The van der Waals surface area contributed by atoms with Crippen molar-refractivity contribution in [3.8, 4) is 0 Å². The number of imidazole rings is 1. The molecule has 0 aromatic carbocycles. The number of fused-ring (bicyclic) bond motifs is 1. The highest BCUT2D eigenvalue weighted by Crippen LogP contribution is 2.12. The second-order valence-corrected chi connectivity index (χ2v) is 5.09. The smallest absolute Gasteiger partial charge is 0.226 e. The number of carbonyl (C=O) groups is 1. The normalized spacial score (nSPS) is 10.7. The molecule has 0 aliphatic carbocycles. The van der Waals surface area contributed by atoms with Gasteiger partial charge in [0.05, 0.1) is 17.1 Å². The van der Waals surface area contributed by atoms with Gasteiger partial charge in [0.2, 0.25) is 5.91 Å². The van der Waals surface area contributed by atoms with Crippen molar-refractivity contribution in [3.05, 3.63) is 65.3 Å². The summed E-state index contributed by atoms with van der Waals surface area (Å²) in [6.07, 6.45) is 7.22. The third-order valence-electron chi connectivity index (χ3n) is 3.05. The van der Waals surface area contributed by atoms with Crippen molar-refractivity contribution in [1.82, 2.24) is 19.7 Å². The lowest BCUT2D eigenvalue weighted by atomic mass is 10.2. The van der Waals surface area contributed by atoms with Crippen LogP contribution in [0.2, 0.25) is 5.02 Å². The Balaban J connectivity index is 1.63. The van der Waals surface area contributed by atoms with E-state index in [2.05, 4.69) is 15.3 Å². The van der Waals surface area contributed by atoms with Crippen molar-refractivity contribution in [3.63, 3.8) is 0 Å². The van der Waals surface area contributed by atoms with Crippen LogP contribution in [0.4, 0.5) is 0 Å². The number of rotatable bonds is 4. The van der Waals surface area contributed by atoms with Crippen LogP contribution in [0.3, 0.4) is 0 Å². The minimum atomic E-state index is -0.0682. The molecule has 0 saturated heterocycles. The van der Waals surface area contributed by atoms with Crippen molar-refractivity contribution in [2.75, 3.05) is 0 Å². The molecule has 3 aromatic rings. The molecule has 3 aromatic heterocycles. The van der Waals surface area contributed by atoms with Crippen molar-refractivity contribution in [2.45, 2.75) is 13.0 Å². The van der Waals surface area contributed by atoms with Crippen LogP contribution in [0.15, 0.2) is 49.1 Å². The molecule has 0 saturated carbocycles. The number of hydrogen-bond acceptors (Lipinski definition) is 3. The van der Waals surface area contributed by atoms with Gasteiger partial charge in [-0.1, -0.05) is 11.6 Å². The van der Waals surface area contributed by atoms with E-state index >= 15 is 0 Å². The average molecular weight is 301 g/mol. The first kappa shape index (κ1) is 13.6. The molecule has 3 heterocycles. The van der Waals surface area contributed by atoms with Gasteiger partial charge >= 0.3 is 0 Å². The zero-order valence-electron chi connectivity index (χ0n) is 11.2. The topological polar surface area (TPSA) is 59.3 Å². The fourth-order valence-electron chi connectivity index (χ4n) is 2.03. The summed E-state index contributed by atoms with van der Waals surface area (Å²) < 4.78 is 1.81. The number of hydrogen-bond donors (Lipinski definition) is 1. The average Bonchev–Trinajstić information content (AvgIpc) is 2.87. The molecule has 21 heavy (non-hydrogen) atoms. The number of amides is 1. The number of pyridine rings is 2. The van der Waals surface area contributed by atoms with Crippen molar-refractivity contribution < 1.29 is 4.79 Å². The van der Waals surface area contributed by atoms with Gasteiger partial charge in [-0.3, -0.25) is 9.78 Å². The molecule has 0 aliphatic rings. The molecule has 3 rings (SSSR count). The summed E-state index contributed by atoms with van der Waals surface area (Å²) in [7, 11) is 0. The predicted molar refractivity (Wildman–Crippen MR) is 80.0 cm³/mol. The molecule has 0 spiro atoms. The van der Waals surface area contributed by atoms with E-state index in [9.17, 15) is 4.79 Å². The Hall–Kier alpha value is -2.40. The van der Waals surface area contributed by atoms with Crippen LogP contribution in [-0.4, -0.2) is 20.3 Å². The fourth-order valence-corrected chi connectivity index (χ4v) is 2.20. The lowest BCUT2D eigenvalue weighted by Gasteiger charge is -2.03. The molecule has 0 fully saturated rings. The molecular weight excluding hydrogens is 288 g/mol. The van der Waals surface area contributed by atoms with Crippen LogP contribution in [-0.2, 0) is 17.8 Å². The largest absolute Gasteiger partial charge is 0.352 e. The summed E-state index contributed by atoms with van der Waals surface area (Å²) in [5, 5.41) is 3.49. The van der Waals surface area contributed by atoms with E-state index < -0.39 is 0 Å².